The number of imidazole rings is 1. The summed E-state index contributed by atoms with van der Waals surface area (Å²) in [5, 5.41) is 11.3. The Morgan fingerprint density at radius 2 is 2.12 bits per heavy atom. The minimum atomic E-state index is 0.628. The van der Waals surface area contributed by atoms with Gasteiger partial charge in [0.2, 0.25) is 5.88 Å². The summed E-state index contributed by atoms with van der Waals surface area (Å²) in [5.74, 6) is 0.628. The molecule has 6 heteroatoms. The van der Waals surface area contributed by atoms with Gasteiger partial charge in [0.1, 0.15) is 0 Å². The first-order chi connectivity index (χ1) is 12.4. The number of nitrogens with zero attached hydrogens (tertiary/aromatic N) is 3. The van der Waals surface area contributed by atoms with Crippen LogP contribution in [0.5, 0.6) is 5.88 Å². The second-order valence-electron chi connectivity index (χ2n) is 5.79. The minimum absolute atomic E-state index is 0.628. The Kier molecular flexibility index (Phi) is 4.63. The quantitative estimate of drug-likeness (QED) is 0.511. The van der Waals surface area contributed by atoms with Crippen LogP contribution in [0.25, 0.3) is 27.0 Å². The smallest absolute Gasteiger partial charge is 0.231 e. The summed E-state index contributed by atoms with van der Waals surface area (Å²) in [4.78, 5) is 4.48. The normalized spacial score (nSPS) is 11.4. The number of rotatable bonds is 7. The van der Waals surface area contributed by atoms with Crippen molar-refractivity contribution < 1.29 is 4.74 Å². The van der Waals surface area contributed by atoms with Crippen LogP contribution in [0.2, 0.25) is 0 Å². The molecule has 0 unspecified atom stereocenters. The van der Waals surface area contributed by atoms with Crippen molar-refractivity contribution in [3.63, 3.8) is 0 Å². The van der Waals surface area contributed by atoms with E-state index in [1.807, 2.05) is 22.8 Å². The Labute approximate surface area is 150 Å². The molecule has 0 amide bonds. The first-order valence-corrected chi connectivity index (χ1v) is 9.39. The molecule has 0 aliphatic rings. The van der Waals surface area contributed by atoms with Gasteiger partial charge in [-0.25, -0.2) is 9.50 Å². The van der Waals surface area contributed by atoms with Crippen LogP contribution < -0.4 is 10.1 Å². The molecule has 0 atom stereocenters. The fourth-order valence-corrected chi connectivity index (χ4v) is 3.80. The summed E-state index contributed by atoms with van der Waals surface area (Å²) in [5.41, 5.74) is 2.97. The number of fused-ring (bicyclic) bond motifs is 2. The average molecular weight is 352 g/mol. The van der Waals surface area contributed by atoms with E-state index in [1.165, 1.54) is 10.1 Å². The van der Waals surface area contributed by atoms with Crippen molar-refractivity contribution in [1.82, 2.24) is 19.9 Å². The Balaban J connectivity index is 1.63. The van der Waals surface area contributed by atoms with Gasteiger partial charge in [0.05, 0.1) is 18.5 Å². The Hall–Kier alpha value is -2.44. The maximum Gasteiger partial charge on any atom is 0.231 e. The summed E-state index contributed by atoms with van der Waals surface area (Å²) in [6.45, 7) is 4.69. The third-order valence-corrected chi connectivity index (χ3v) is 5.06. The number of thiophene rings is 1. The third-order valence-electron chi connectivity index (χ3n) is 4.09. The molecule has 3 heterocycles. The molecule has 0 saturated heterocycles. The standard InChI is InChI=1S/C19H20N4OS/c1-2-20-10-5-11-24-19-9-8-18-21-12-16(23(18)22-19)15-13-25-17-7-4-3-6-14(15)17/h3-4,6-9,12-13,20H,2,5,10-11H2,1H3. The predicted octanol–water partition coefficient (Wildman–Crippen LogP) is 3.99. The van der Waals surface area contributed by atoms with E-state index in [0.717, 1.165) is 36.4 Å². The Morgan fingerprint density at radius 3 is 3.04 bits per heavy atom. The van der Waals surface area contributed by atoms with Gasteiger partial charge >= 0.3 is 0 Å². The second kappa shape index (κ2) is 7.21. The SMILES string of the molecule is CCNCCCOc1ccc2ncc(-c3csc4ccccc34)n2n1. The van der Waals surface area contributed by atoms with Crippen molar-refractivity contribution in [1.29, 1.82) is 0 Å². The van der Waals surface area contributed by atoms with Crippen LogP contribution in [0.15, 0.2) is 48.0 Å². The van der Waals surface area contributed by atoms with Gasteiger partial charge in [-0.15, -0.1) is 16.4 Å². The lowest BCUT2D eigenvalue weighted by molar-refractivity contribution is 0.293. The second-order valence-corrected chi connectivity index (χ2v) is 6.70. The molecule has 0 fully saturated rings. The van der Waals surface area contributed by atoms with Crippen molar-refractivity contribution in [3.05, 3.63) is 48.0 Å². The zero-order valence-electron chi connectivity index (χ0n) is 14.1. The average Bonchev–Trinajstić information content (AvgIpc) is 3.25. The number of ether oxygens (including phenoxy) is 1. The molecular formula is C19H20N4OS. The Bertz CT molecular complexity index is 991. The highest BCUT2D eigenvalue weighted by Crippen LogP contribution is 2.33. The van der Waals surface area contributed by atoms with Crippen LogP contribution >= 0.6 is 11.3 Å². The van der Waals surface area contributed by atoms with Gasteiger partial charge in [0, 0.05) is 27.1 Å². The Morgan fingerprint density at radius 1 is 1.20 bits per heavy atom. The molecule has 0 spiro atoms. The summed E-state index contributed by atoms with van der Waals surface area (Å²) in [7, 11) is 0. The van der Waals surface area contributed by atoms with E-state index in [-0.39, 0.29) is 0 Å². The van der Waals surface area contributed by atoms with Crippen molar-refractivity contribution in [2.24, 2.45) is 0 Å². The molecule has 0 aliphatic carbocycles. The number of nitrogens with one attached hydrogen (secondary N) is 1. The van der Waals surface area contributed by atoms with E-state index in [4.69, 9.17) is 4.74 Å². The van der Waals surface area contributed by atoms with Gasteiger partial charge in [0.15, 0.2) is 5.65 Å². The lowest BCUT2D eigenvalue weighted by Crippen LogP contribution is -2.16. The molecule has 0 saturated carbocycles. The molecule has 25 heavy (non-hydrogen) atoms. The van der Waals surface area contributed by atoms with Gasteiger partial charge in [-0.1, -0.05) is 25.1 Å². The fourth-order valence-electron chi connectivity index (χ4n) is 2.84. The molecule has 4 aromatic rings. The summed E-state index contributed by atoms with van der Waals surface area (Å²) in [6, 6.07) is 12.2. The topological polar surface area (TPSA) is 51.5 Å². The fraction of sp³-hybridized carbons (Fsp3) is 0.263. The zero-order chi connectivity index (χ0) is 17.1. The largest absolute Gasteiger partial charge is 0.477 e. The van der Waals surface area contributed by atoms with Gasteiger partial charge in [-0.3, -0.25) is 0 Å². The molecule has 0 radical (unpaired) electrons. The highest BCUT2D eigenvalue weighted by molar-refractivity contribution is 7.17. The van der Waals surface area contributed by atoms with Crippen LogP contribution in [0, 0.1) is 0 Å². The molecule has 0 bridgehead atoms. The van der Waals surface area contributed by atoms with Crippen molar-refractivity contribution in [2.45, 2.75) is 13.3 Å². The first kappa shape index (κ1) is 16.1. The lowest BCUT2D eigenvalue weighted by Gasteiger charge is -2.07. The monoisotopic (exact) mass is 352 g/mol. The molecule has 3 aromatic heterocycles. The highest BCUT2D eigenvalue weighted by atomic mass is 32.1. The van der Waals surface area contributed by atoms with E-state index in [0.29, 0.717) is 12.5 Å². The number of hydrogen-bond acceptors (Lipinski definition) is 5. The van der Waals surface area contributed by atoms with Gasteiger partial charge in [-0.2, -0.15) is 0 Å². The highest BCUT2D eigenvalue weighted by Gasteiger charge is 2.12. The zero-order valence-corrected chi connectivity index (χ0v) is 14.9. The molecule has 5 nitrogen and oxygen atoms in total. The minimum Gasteiger partial charge on any atom is -0.477 e. The summed E-state index contributed by atoms with van der Waals surface area (Å²) >= 11 is 1.74. The predicted molar refractivity (Wildman–Crippen MR) is 102 cm³/mol. The van der Waals surface area contributed by atoms with Crippen LogP contribution in [0.4, 0.5) is 0 Å². The third kappa shape index (κ3) is 3.23. The molecule has 4 rings (SSSR count). The molecule has 1 N–H and O–H groups in total. The lowest BCUT2D eigenvalue weighted by atomic mass is 10.1. The van der Waals surface area contributed by atoms with Crippen molar-refractivity contribution in [2.75, 3.05) is 19.7 Å². The van der Waals surface area contributed by atoms with Gasteiger partial charge in [0.25, 0.3) is 0 Å². The number of aromatic nitrogens is 3. The van der Waals surface area contributed by atoms with Crippen molar-refractivity contribution >= 4 is 27.1 Å². The number of benzene rings is 1. The van der Waals surface area contributed by atoms with E-state index in [9.17, 15) is 0 Å². The van der Waals surface area contributed by atoms with Crippen LogP contribution in [-0.2, 0) is 0 Å². The van der Waals surface area contributed by atoms with E-state index >= 15 is 0 Å². The number of hydrogen-bond donors (Lipinski definition) is 1. The van der Waals surface area contributed by atoms with Gasteiger partial charge < -0.3 is 10.1 Å². The van der Waals surface area contributed by atoms with Crippen LogP contribution in [0.3, 0.4) is 0 Å². The van der Waals surface area contributed by atoms with E-state index in [1.54, 1.807) is 11.3 Å². The molecule has 128 valence electrons. The van der Waals surface area contributed by atoms with Crippen LogP contribution in [-0.4, -0.2) is 34.3 Å². The maximum absolute atomic E-state index is 5.79. The first-order valence-electron chi connectivity index (χ1n) is 8.51. The van der Waals surface area contributed by atoms with Gasteiger partial charge in [-0.05, 0) is 31.6 Å². The van der Waals surface area contributed by atoms with Crippen molar-refractivity contribution in [3.8, 4) is 17.1 Å². The maximum atomic E-state index is 5.79. The van der Waals surface area contributed by atoms with Crippen LogP contribution in [0.1, 0.15) is 13.3 Å². The van der Waals surface area contributed by atoms with E-state index < -0.39 is 0 Å². The summed E-state index contributed by atoms with van der Waals surface area (Å²) < 4.78 is 8.93. The summed E-state index contributed by atoms with van der Waals surface area (Å²) in [6.07, 6.45) is 2.84. The molecule has 0 aliphatic heterocycles. The molecular weight excluding hydrogens is 332 g/mol. The van der Waals surface area contributed by atoms with E-state index in [2.05, 4.69) is 52.0 Å². The molecule has 1 aromatic carbocycles.